The largest absolute Gasteiger partial charge is 0.481 e. The number of hydrogen-bond acceptors (Lipinski definition) is 5. The molecule has 1 aromatic rings. The van der Waals surface area contributed by atoms with Gasteiger partial charge < -0.3 is 14.9 Å². The van der Waals surface area contributed by atoms with Gasteiger partial charge in [0.2, 0.25) is 5.76 Å². The average Bonchev–Trinajstić information content (AvgIpc) is 3.38. The minimum absolute atomic E-state index is 0.102. The highest BCUT2D eigenvalue weighted by molar-refractivity contribution is 8.00. The van der Waals surface area contributed by atoms with Crippen LogP contribution in [0.25, 0.3) is 0 Å². The fraction of sp³-hybridized carbons (Fsp3) is 0.731. The normalized spacial score (nSPS) is 28.8. The van der Waals surface area contributed by atoms with Crippen LogP contribution in [0.5, 0.6) is 0 Å². The molecule has 3 atom stereocenters. The third-order valence-electron chi connectivity index (χ3n) is 8.48. The van der Waals surface area contributed by atoms with Gasteiger partial charge in [-0.2, -0.15) is 0 Å². The van der Waals surface area contributed by atoms with Crippen molar-refractivity contribution in [2.45, 2.75) is 107 Å². The van der Waals surface area contributed by atoms with Crippen LogP contribution >= 0.6 is 11.8 Å². The highest BCUT2D eigenvalue weighted by Gasteiger charge is 2.44. The third-order valence-corrected chi connectivity index (χ3v) is 9.95. The van der Waals surface area contributed by atoms with E-state index in [1.807, 2.05) is 0 Å². The van der Waals surface area contributed by atoms with Gasteiger partial charge in [0.1, 0.15) is 0 Å². The maximum Gasteiger partial charge on any atom is 0.309 e. The molecule has 0 aromatic carbocycles. The van der Waals surface area contributed by atoms with E-state index in [0.717, 1.165) is 62.0 Å². The number of nitrogens with zero attached hydrogens (tertiary/aromatic N) is 1. The number of aliphatic carboxylic acids is 1. The summed E-state index contributed by atoms with van der Waals surface area (Å²) in [5, 5.41) is 17.8. The number of nitrogens with one attached hydrogen (secondary N) is 1. The molecule has 0 saturated heterocycles. The van der Waals surface area contributed by atoms with Crippen molar-refractivity contribution < 1.29 is 19.2 Å². The minimum atomic E-state index is -0.702. The Morgan fingerprint density at radius 2 is 2.00 bits per heavy atom. The van der Waals surface area contributed by atoms with Crippen LogP contribution in [0.4, 0.5) is 0 Å². The molecule has 0 spiro atoms. The van der Waals surface area contributed by atoms with Gasteiger partial charge in [-0.05, 0) is 76.0 Å². The monoisotopic (exact) mass is 472 g/mol. The predicted molar refractivity (Wildman–Crippen MR) is 127 cm³/mol. The highest BCUT2D eigenvalue weighted by atomic mass is 32.2. The van der Waals surface area contributed by atoms with Crippen molar-refractivity contribution in [3.05, 3.63) is 23.1 Å². The number of carbonyl (C=O) groups excluding carboxylic acids is 1. The molecule has 7 heteroatoms. The minimum Gasteiger partial charge on any atom is -0.481 e. The van der Waals surface area contributed by atoms with Crippen LogP contribution in [-0.2, 0) is 11.2 Å². The smallest absolute Gasteiger partial charge is 0.309 e. The topological polar surface area (TPSA) is 92.4 Å². The molecular formula is C26H36N2O4S. The molecule has 1 heterocycles. The first-order valence-electron chi connectivity index (χ1n) is 12.9. The van der Waals surface area contributed by atoms with E-state index >= 15 is 0 Å². The standard InChI is InChI=1S/C26H36N2O4S/c1-16-14-17-6-4-7-18(15-16)21(17)27-24(29)22-23(33-19-8-2-3-9-19)20(28-32-22)10-13-26(25(30)31)11-5-12-26/h14,16,18-19,21H,2-13,15H2,1H3,(H,27,29)(H,30,31). The molecule has 1 amide bonds. The predicted octanol–water partition coefficient (Wildman–Crippen LogP) is 5.76. The second-order valence-corrected chi connectivity index (χ2v) is 12.1. The van der Waals surface area contributed by atoms with Gasteiger partial charge in [-0.15, -0.1) is 11.8 Å². The Labute approximate surface area is 200 Å². The molecule has 5 rings (SSSR count). The van der Waals surface area contributed by atoms with Crippen LogP contribution in [0, 0.1) is 17.3 Å². The summed E-state index contributed by atoms with van der Waals surface area (Å²) >= 11 is 1.73. The van der Waals surface area contributed by atoms with Crippen LogP contribution < -0.4 is 5.32 Å². The molecule has 180 valence electrons. The van der Waals surface area contributed by atoms with E-state index in [1.165, 1.54) is 24.8 Å². The summed E-state index contributed by atoms with van der Waals surface area (Å²) < 4.78 is 5.68. The number of thioether (sulfide) groups is 1. The van der Waals surface area contributed by atoms with Gasteiger partial charge in [0.05, 0.1) is 22.0 Å². The number of fused-ring (bicyclic) bond motifs is 2. The summed E-state index contributed by atoms with van der Waals surface area (Å²) in [4.78, 5) is 26.1. The molecule has 3 unspecified atom stereocenters. The van der Waals surface area contributed by atoms with Gasteiger partial charge in [-0.3, -0.25) is 9.59 Å². The SMILES string of the molecule is CC1C=C2CCCC(C1)C2NC(=O)c1onc(CCC2(C(=O)O)CCC2)c1SC1CCCC1. The first-order chi connectivity index (χ1) is 15.9. The Hall–Kier alpha value is -1.76. The maximum atomic E-state index is 13.4. The lowest BCUT2D eigenvalue weighted by atomic mass is 9.66. The fourth-order valence-corrected chi connectivity index (χ4v) is 7.82. The van der Waals surface area contributed by atoms with Crippen LogP contribution in [0.3, 0.4) is 0 Å². The van der Waals surface area contributed by atoms with Crippen molar-refractivity contribution in [1.29, 1.82) is 0 Å². The molecule has 3 saturated carbocycles. The average molecular weight is 473 g/mol. The van der Waals surface area contributed by atoms with E-state index < -0.39 is 11.4 Å². The van der Waals surface area contributed by atoms with Gasteiger partial charge in [-0.25, -0.2) is 0 Å². The molecule has 2 N–H and O–H groups in total. The van der Waals surface area contributed by atoms with Crippen LogP contribution in [0.2, 0.25) is 0 Å². The lowest BCUT2D eigenvalue weighted by Gasteiger charge is -2.39. The van der Waals surface area contributed by atoms with Crippen molar-refractivity contribution in [3.8, 4) is 0 Å². The van der Waals surface area contributed by atoms with Crippen LogP contribution in [0.1, 0.15) is 100 Å². The summed E-state index contributed by atoms with van der Waals surface area (Å²) in [7, 11) is 0. The Bertz CT molecular complexity index is 929. The van der Waals surface area contributed by atoms with E-state index in [1.54, 1.807) is 11.8 Å². The van der Waals surface area contributed by atoms with Gasteiger partial charge in [0.15, 0.2) is 0 Å². The number of hydrogen-bond donors (Lipinski definition) is 2. The second-order valence-electron chi connectivity index (χ2n) is 10.8. The number of aryl methyl sites for hydroxylation is 1. The van der Waals surface area contributed by atoms with E-state index in [9.17, 15) is 14.7 Å². The number of rotatable bonds is 8. The molecule has 2 bridgehead atoms. The van der Waals surface area contributed by atoms with E-state index in [4.69, 9.17) is 4.52 Å². The molecule has 6 nitrogen and oxygen atoms in total. The van der Waals surface area contributed by atoms with Gasteiger partial charge >= 0.3 is 5.97 Å². The summed E-state index contributed by atoms with van der Waals surface area (Å²) in [6.45, 7) is 2.27. The zero-order valence-electron chi connectivity index (χ0n) is 19.6. The Balaban J connectivity index is 1.35. The molecule has 4 aliphatic rings. The second kappa shape index (κ2) is 9.47. The van der Waals surface area contributed by atoms with Gasteiger partial charge in [0.25, 0.3) is 5.91 Å². The molecule has 0 radical (unpaired) electrons. The molecule has 33 heavy (non-hydrogen) atoms. The molecule has 1 aromatic heterocycles. The molecule has 0 aliphatic heterocycles. The van der Waals surface area contributed by atoms with Crippen LogP contribution in [0.15, 0.2) is 21.1 Å². The lowest BCUT2D eigenvalue weighted by molar-refractivity contribution is -0.155. The highest BCUT2D eigenvalue weighted by Crippen LogP contribution is 2.46. The molecular weight excluding hydrogens is 436 g/mol. The maximum absolute atomic E-state index is 13.4. The first kappa shape index (κ1) is 23.0. The van der Waals surface area contributed by atoms with Crippen molar-refractivity contribution >= 4 is 23.6 Å². The number of carboxylic acid groups (broad SMARTS) is 1. The van der Waals surface area contributed by atoms with Gasteiger partial charge in [0, 0.05) is 5.25 Å². The lowest BCUT2D eigenvalue weighted by Crippen LogP contribution is -2.46. The zero-order chi connectivity index (χ0) is 23.0. The Morgan fingerprint density at radius 1 is 1.21 bits per heavy atom. The number of amides is 1. The fourth-order valence-electron chi connectivity index (χ4n) is 6.41. The number of aromatic nitrogens is 1. The van der Waals surface area contributed by atoms with E-state index in [2.05, 4.69) is 23.5 Å². The van der Waals surface area contributed by atoms with Crippen molar-refractivity contribution in [2.24, 2.45) is 17.3 Å². The van der Waals surface area contributed by atoms with E-state index in [-0.39, 0.29) is 11.9 Å². The van der Waals surface area contributed by atoms with Crippen molar-refractivity contribution in [2.75, 3.05) is 0 Å². The summed E-state index contributed by atoms with van der Waals surface area (Å²) in [5.41, 5.74) is 1.51. The molecule has 3 fully saturated rings. The van der Waals surface area contributed by atoms with Crippen molar-refractivity contribution in [1.82, 2.24) is 10.5 Å². The quantitative estimate of drug-likeness (QED) is 0.467. The first-order valence-corrected chi connectivity index (χ1v) is 13.7. The third kappa shape index (κ3) is 4.62. The molecule has 4 aliphatic carbocycles. The number of carboxylic acids is 1. The summed E-state index contributed by atoms with van der Waals surface area (Å²) in [6.07, 6.45) is 15.2. The Morgan fingerprint density at radius 3 is 2.67 bits per heavy atom. The number of allylic oxidation sites excluding steroid dienone is 1. The van der Waals surface area contributed by atoms with Crippen molar-refractivity contribution in [3.63, 3.8) is 0 Å². The van der Waals surface area contributed by atoms with Crippen LogP contribution in [-0.4, -0.2) is 33.4 Å². The number of carbonyl (C=O) groups is 2. The van der Waals surface area contributed by atoms with Gasteiger partial charge in [-0.1, -0.05) is 43.0 Å². The zero-order valence-corrected chi connectivity index (χ0v) is 20.4. The summed E-state index contributed by atoms with van der Waals surface area (Å²) in [6, 6.07) is 0.102. The van der Waals surface area contributed by atoms with E-state index in [0.29, 0.717) is 35.7 Å². The summed E-state index contributed by atoms with van der Waals surface area (Å²) in [5.74, 6) is 0.545. The Kier molecular flexibility index (Phi) is 6.60.